The molecule has 0 amide bonds. The third-order valence-electron chi connectivity index (χ3n) is 2.34. The second-order valence-corrected chi connectivity index (χ2v) is 3.53. The van der Waals surface area contributed by atoms with Crippen molar-refractivity contribution in [1.82, 2.24) is 4.57 Å². The average molecular weight is 207 g/mol. The molecule has 2 heterocycles. The van der Waals surface area contributed by atoms with E-state index in [9.17, 15) is 4.79 Å². The lowest BCUT2D eigenvalue weighted by molar-refractivity contribution is 0.279. The van der Waals surface area contributed by atoms with Crippen molar-refractivity contribution < 1.29 is 9.52 Å². The molecule has 0 aliphatic rings. The Morgan fingerprint density at radius 3 is 3.07 bits per heavy atom. The van der Waals surface area contributed by atoms with Crippen molar-refractivity contribution in [3.63, 3.8) is 0 Å². The van der Waals surface area contributed by atoms with Crippen molar-refractivity contribution in [3.05, 3.63) is 34.4 Å². The van der Waals surface area contributed by atoms with E-state index in [4.69, 9.17) is 9.52 Å². The number of aromatic nitrogens is 1. The van der Waals surface area contributed by atoms with Crippen LogP contribution in [0.15, 0.2) is 27.5 Å². The van der Waals surface area contributed by atoms with Crippen LogP contribution in [0.5, 0.6) is 0 Å². The van der Waals surface area contributed by atoms with Crippen LogP contribution < -0.4 is 5.56 Å². The summed E-state index contributed by atoms with van der Waals surface area (Å²) in [4.78, 5) is 11.9. The minimum atomic E-state index is -0.0576. The minimum Gasteiger partial charge on any atom is -0.461 e. The van der Waals surface area contributed by atoms with Crippen LogP contribution in [0, 0.1) is 6.92 Å². The standard InChI is InChI=1S/C11H13NO3/c1-8-7-9-10(15-8)3-5-12(11(9)14)4-2-6-13/h3,5,7,13H,2,4,6H2,1H3. The molecule has 0 saturated carbocycles. The molecule has 0 aromatic carbocycles. The summed E-state index contributed by atoms with van der Waals surface area (Å²) in [7, 11) is 0. The predicted octanol–water partition coefficient (Wildman–Crippen LogP) is 1.29. The first-order chi connectivity index (χ1) is 7.22. The van der Waals surface area contributed by atoms with Gasteiger partial charge in [-0.05, 0) is 25.5 Å². The van der Waals surface area contributed by atoms with Gasteiger partial charge >= 0.3 is 0 Å². The van der Waals surface area contributed by atoms with E-state index in [1.807, 2.05) is 6.92 Å². The molecular weight excluding hydrogens is 194 g/mol. The molecule has 4 heteroatoms. The number of hydrogen-bond donors (Lipinski definition) is 1. The second-order valence-electron chi connectivity index (χ2n) is 3.53. The highest BCUT2D eigenvalue weighted by molar-refractivity contribution is 5.76. The Labute approximate surface area is 86.8 Å². The normalized spacial score (nSPS) is 11.1. The summed E-state index contributed by atoms with van der Waals surface area (Å²) in [6, 6.07) is 3.52. The summed E-state index contributed by atoms with van der Waals surface area (Å²) in [5, 5.41) is 9.31. The predicted molar refractivity (Wildman–Crippen MR) is 56.9 cm³/mol. The molecule has 0 fully saturated rings. The Morgan fingerprint density at radius 1 is 1.53 bits per heavy atom. The lowest BCUT2D eigenvalue weighted by Gasteiger charge is -2.02. The van der Waals surface area contributed by atoms with Crippen molar-refractivity contribution in [2.24, 2.45) is 0 Å². The molecule has 0 saturated heterocycles. The van der Waals surface area contributed by atoms with Gasteiger partial charge in [-0.15, -0.1) is 0 Å². The number of aryl methyl sites for hydroxylation is 2. The molecule has 0 bridgehead atoms. The Balaban J connectivity index is 2.50. The van der Waals surface area contributed by atoms with Gasteiger partial charge in [-0.1, -0.05) is 0 Å². The molecule has 2 rings (SSSR count). The van der Waals surface area contributed by atoms with E-state index in [1.54, 1.807) is 22.9 Å². The van der Waals surface area contributed by atoms with Crippen molar-refractivity contribution >= 4 is 11.0 Å². The maximum Gasteiger partial charge on any atom is 0.261 e. The van der Waals surface area contributed by atoms with Gasteiger partial charge in [0.25, 0.3) is 5.56 Å². The summed E-state index contributed by atoms with van der Waals surface area (Å²) in [5.74, 6) is 0.738. The lowest BCUT2D eigenvalue weighted by Crippen LogP contribution is -2.19. The van der Waals surface area contributed by atoms with Crippen LogP contribution in [0.2, 0.25) is 0 Å². The van der Waals surface area contributed by atoms with E-state index in [1.165, 1.54) is 0 Å². The monoisotopic (exact) mass is 207 g/mol. The number of fused-ring (bicyclic) bond motifs is 1. The van der Waals surface area contributed by atoms with Gasteiger partial charge in [-0.2, -0.15) is 0 Å². The Morgan fingerprint density at radius 2 is 2.33 bits per heavy atom. The zero-order valence-electron chi connectivity index (χ0n) is 8.56. The van der Waals surface area contributed by atoms with Crippen LogP contribution in [0.3, 0.4) is 0 Å². The zero-order valence-corrected chi connectivity index (χ0v) is 8.56. The maximum atomic E-state index is 11.9. The Bertz CT molecular complexity index is 524. The number of pyridine rings is 1. The van der Waals surface area contributed by atoms with Gasteiger partial charge in [0.1, 0.15) is 11.3 Å². The fourth-order valence-electron chi connectivity index (χ4n) is 1.62. The minimum absolute atomic E-state index is 0.0576. The fourth-order valence-corrected chi connectivity index (χ4v) is 1.62. The van der Waals surface area contributed by atoms with Crippen molar-refractivity contribution in [2.45, 2.75) is 19.9 Å². The third kappa shape index (κ3) is 1.80. The molecule has 15 heavy (non-hydrogen) atoms. The van der Waals surface area contributed by atoms with Crippen molar-refractivity contribution in [3.8, 4) is 0 Å². The maximum absolute atomic E-state index is 11.9. The van der Waals surface area contributed by atoms with Crippen LogP contribution in [0.1, 0.15) is 12.2 Å². The first-order valence-electron chi connectivity index (χ1n) is 4.93. The number of furan rings is 1. The lowest BCUT2D eigenvalue weighted by atomic mass is 10.3. The number of rotatable bonds is 3. The van der Waals surface area contributed by atoms with E-state index in [0.29, 0.717) is 23.9 Å². The number of aliphatic hydroxyl groups is 1. The van der Waals surface area contributed by atoms with Crippen molar-refractivity contribution in [1.29, 1.82) is 0 Å². The van der Waals surface area contributed by atoms with Crippen molar-refractivity contribution in [2.75, 3.05) is 6.61 Å². The van der Waals surface area contributed by atoms with Gasteiger partial charge in [0.05, 0.1) is 5.39 Å². The highest BCUT2D eigenvalue weighted by Crippen LogP contribution is 2.14. The topological polar surface area (TPSA) is 55.4 Å². The van der Waals surface area contributed by atoms with E-state index in [-0.39, 0.29) is 12.2 Å². The van der Waals surface area contributed by atoms with Gasteiger partial charge in [-0.3, -0.25) is 4.79 Å². The van der Waals surface area contributed by atoms with Gasteiger partial charge in [0.15, 0.2) is 0 Å². The smallest absolute Gasteiger partial charge is 0.261 e. The molecule has 0 unspecified atom stereocenters. The molecule has 2 aromatic rings. The van der Waals surface area contributed by atoms with Gasteiger partial charge in [0.2, 0.25) is 0 Å². The van der Waals surface area contributed by atoms with Crippen LogP contribution >= 0.6 is 0 Å². The molecule has 80 valence electrons. The first-order valence-corrected chi connectivity index (χ1v) is 4.93. The highest BCUT2D eigenvalue weighted by atomic mass is 16.3. The molecule has 0 spiro atoms. The zero-order chi connectivity index (χ0) is 10.8. The van der Waals surface area contributed by atoms with E-state index in [2.05, 4.69) is 0 Å². The quantitative estimate of drug-likeness (QED) is 0.825. The molecule has 4 nitrogen and oxygen atoms in total. The SMILES string of the molecule is Cc1cc2c(=O)n(CCCO)ccc2o1. The summed E-state index contributed by atoms with van der Waals surface area (Å²) in [5.41, 5.74) is 0.565. The molecular formula is C11H13NO3. The van der Waals surface area contributed by atoms with Crippen LogP contribution in [0.25, 0.3) is 11.0 Å². The van der Waals surface area contributed by atoms with E-state index < -0.39 is 0 Å². The Hall–Kier alpha value is -1.55. The van der Waals surface area contributed by atoms with Gasteiger partial charge in [0, 0.05) is 19.3 Å². The van der Waals surface area contributed by atoms with E-state index >= 15 is 0 Å². The fraction of sp³-hybridized carbons (Fsp3) is 0.364. The second kappa shape index (κ2) is 3.90. The van der Waals surface area contributed by atoms with Crippen LogP contribution in [0.4, 0.5) is 0 Å². The molecule has 0 aliphatic heterocycles. The summed E-state index contributed by atoms with van der Waals surface area (Å²) in [6.45, 7) is 2.45. The van der Waals surface area contributed by atoms with Crippen LogP contribution in [-0.2, 0) is 6.54 Å². The number of nitrogens with zero attached hydrogens (tertiary/aromatic N) is 1. The summed E-state index contributed by atoms with van der Waals surface area (Å²) < 4.78 is 6.94. The summed E-state index contributed by atoms with van der Waals surface area (Å²) >= 11 is 0. The van der Waals surface area contributed by atoms with E-state index in [0.717, 1.165) is 5.76 Å². The molecule has 1 N–H and O–H groups in total. The Kier molecular flexibility index (Phi) is 2.60. The van der Waals surface area contributed by atoms with Gasteiger partial charge in [-0.25, -0.2) is 0 Å². The molecule has 0 atom stereocenters. The summed E-state index contributed by atoms with van der Waals surface area (Å²) in [6.07, 6.45) is 2.28. The highest BCUT2D eigenvalue weighted by Gasteiger charge is 2.06. The largest absolute Gasteiger partial charge is 0.461 e. The van der Waals surface area contributed by atoms with Crippen LogP contribution in [-0.4, -0.2) is 16.3 Å². The van der Waals surface area contributed by atoms with Gasteiger partial charge < -0.3 is 14.1 Å². The third-order valence-corrected chi connectivity index (χ3v) is 2.34. The molecule has 0 aliphatic carbocycles. The first kappa shape index (κ1) is 9.98. The average Bonchev–Trinajstić information content (AvgIpc) is 2.59. The number of aliphatic hydroxyl groups excluding tert-OH is 1. The number of hydrogen-bond acceptors (Lipinski definition) is 3. The molecule has 0 radical (unpaired) electrons. The molecule has 2 aromatic heterocycles.